The molecule has 0 heterocycles. The highest BCUT2D eigenvalue weighted by molar-refractivity contribution is 5.83. The van der Waals surface area contributed by atoms with E-state index in [0.717, 1.165) is 19.3 Å². The molecule has 1 aromatic carbocycles. The van der Waals surface area contributed by atoms with E-state index >= 15 is 0 Å². The van der Waals surface area contributed by atoms with E-state index in [1.165, 1.54) is 0 Å². The van der Waals surface area contributed by atoms with Crippen LogP contribution in [0.3, 0.4) is 0 Å². The van der Waals surface area contributed by atoms with Crippen LogP contribution in [-0.4, -0.2) is 36.4 Å². The van der Waals surface area contributed by atoms with E-state index in [9.17, 15) is 14.7 Å². The molecule has 0 bridgehead atoms. The minimum Gasteiger partial charge on any atom is -0.479 e. The zero-order valence-corrected chi connectivity index (χ0v) is 11.9. The number of hydrogen-bond donors (Lipinski definition) is 3. The van der Waals surface area contributed by atoms with Crippen LogP contribution < -0.4 is 10.6 Å². The van der Waals surface area contributed by atoms with Crippen LogP contribution in [0, 0.1) is 0 Å². The summed E-state index contributed by atoms with van der Waals surface area (Å²) in [6.45, 7) is 0. The Kier molecular flexibility index (Phi) is 5.16. The Morgan fingerprint density at radius 2 is 2.00 bits per heavy atom. The maximum Gasteiger partial charge on any atom is 0.330 e. The van der Waals surface area contributed by atoms with Gasteiger partial charge in [-0.15, -0.1) is 0 Å². The van der Waals surface area contributed by atoms with Gasteiger partial charge in [0.25, 0.3) is 0 Å². The largest absolute Gasteiger partial charge is 0.479 e. The summed E-state index contributed by atoms with van der Waals surface area (Å²) in [7, 11) is 1.62. The van der Waals surface area contributed by atoms with Gasteiger partial charge in [0, 0.05) is 7.11 Å². The second-order valence-corrected chi connectivity index (χ2v) is 5.11. The minimum atomic E-state index is -1.09. The number of benzene rings is 1. The molecule has 1 aromatic rings. The van der Waals surface area contributed by atoms with Crippen molar-refractivity contribution in [3.63, 3.8) is 0 Å². The van der Waals surface area contributed by atoms with Crippen molar-refractivity contribution in [1.82, 2.24) is 10.6 Å². The lowest BCUT2D eigenvalue weighted by Gasteiger charge is -2.22. The van der Waals surface area contributed by atoms with Crippen LogP contribution in [0.5, 0.6) is 0 Å². The number of carboxylic acids is 1. The first-order valence-corrected chi connectivity index (χ1v) is 6.99. The Bertz CT molecular complexity index is 492. The van der Waals surface area contributed by atoms with Crippen LogP contribution in [0.1, 0.15) is 30.9 Å². The predicted molar refractivity (Wildman–Crippen MR) is 76.9 cm³/mol. The van der Waals surface area contributed by atoms with Crippen molar-refractivity contribution in [3.8, 4) is 0 Å². The summed E-state index contributed by atoms with van der Waals surface area (Å²) in [5, 5.41) is 14.6. The molecule has 2 rings (SSSR count). The van der Waals surface area contributed by atoms with Crippen molar-refractivity contribution >= 4 is 12.0 Å². The smallest absolute Gasteiger partial charge is 0.330 e. The number of aliphatic carboxylic acids is 1. The Balaban J connectivity index is 1.97. The van der Waals surface area contributed by atoms with Gasteiger partial charge in [0.2, 0.25) is 0 Å². The van der Waals surface area contributed by atoms with Crippen molar-refractivity contribution in [3.05, 3.63) is 35.9 Å². The summed E-state index contributed by atoms with van der Waals surface area (Å²) < 4.78 is 5.30. The number of ether oxygens (including phenoxy) is 1. The van der Waals surface area contributed by atoms with Gasteiger partial charge in [-0.3, -0.25) is 0 Å². The molecule has 3 N–H and O–H groups in total. The van der Waals surface area contributed by atoms with Gasteiger partial charge in [-0.05, 0) is 24.8 Å². The molecule has 6 heteroatoms. The van der Waals surface area contributed by atoms with Gasteiger partial charge in [0.15, 0.2) is 6.04 Å². The monoisotopic (exact) mass is 292 g/mol. The fraction of sp³-hybridized carbons (Fsp3) is 0.467. The Hall–Kier alpha value is -2.08. The summed E-state index contributed by atoms with van der Waals surface area (Å²) in [5.41, 5.74) is 0.537. The number of rotatable bonds is 5. The summed E-state index contributed by atoms with van der Waals surface area (Å²) in [6.07, 6.45) is 2.73. The highest BCUT2D eigenvalue weighted by Crippen LogP contribution is 2.21. The Labute approximate surface area is 123 Å². The Morgan fingerprint density at radius 3 is 2.62 bits per heavy atom. The van der Waals surface area contributed by atoms with Gasteiger partial charge in [-0.2, -0.15) is 0 Å². The second kappa shape index (κ2) is 7.08. The third kappa shape index (κ3) is 3.95. The second-order valence-electron chi connectivity index (χ2n) is 5.11. The number of carbonyl (C=O) groups is 2. The summed E-state index contributed by atoms with van der Waals surface area (Å²) >= 11 is 0. The molecule has 1 aliphatic carbocycles. The number of urea groups is 1. The van der Waals surface area contributed by atoms with Crippen LogP contribution in [0.15, 0.2) is 30.3 Å². The quantitative estimate of drug-likeness (QED) is 0.770. The molecule has 2 amide bonds. The van der Waals surface area contributed by atoms with Crippen molar-refractivity contribution in [2.45, 2.75) is 37.5 Å². The first-order valence-electron chi connectivity index (χ1n) is 6.99. The van der Waals surface area contributed by atoms with Gasteiger partial charge >= 0.3 is 12.0 Å². The maximum atomic E-state index is 12.0. The lowest BCUT2D eigenvalue weighted by molar-refractivity contribution is -0.139. The Morgan fingerprint density at radius 1 is 1.29 bits per heavy atom. The van der Waals surface area contributed by atoms with E-state index < -0.39 is 18.0 Å². The lowest BCUT2D eigenvalue weighted by Crippen LogP contribution is -2.48. The SMILES string of the molecule is COC1CCCC1NC(=O)NC(C(=O)O)c1ccccc1. The molecule has 0 aliphatic heterocycles. The van der Waals surface area contributed by atoms with E-state index in [1.807, 2.05) is 0 Å². The predicted octanol–water partition coefficient (Wildman–Crippen LogP) is 1.68. The van der Waals surface area contributed by atoms with E-state index in [1.54, 1.807) is 37.4 Å². The molecule has 3 atom stereocenters. The molecular formula is C15H20N2O4. The standard InChI is InChI=1S/C15H20N2O4/c1-21-12-9-5-8-11(12)16-15(20)17-13(14(18)19)10-6-3-2-4-7-10/h2-4,6-7,11-13H,5,8-9H2,1H3,(H,18,19)(H2,16,17,20). The van der Waals surface area contributed by atoms with Gasteiger partial charge in [0.05, 0.1) is 12.1 Å². The topological polar surface area (TPSA) is 87.7 Å². The molecule has 0 spiro atoms. The fourth-order valence-electron chi connectivity index (χ4n) is 2.65. The third-order valence-corrected chi connectivity index (χ3v) is 3.73. The summed E-state index contributed by atoms with van der Waals surface area (Å²) in [5.74, 6) is -1.09. The molecule has 1 fully saturated rings. The number of hydrogen-bond acceptors (Lipinski definition) is 3. The van der Waals surface area contributed by atoms with Crippen LogP contribution in [0.4, 0.5) is 4.79 Å². The number of methoxy groups -OCH3 is 1. The van der Waals surface area contributed by atoms with E-state index in [4.69, 9.17) is 4.74 Å². The van der Waals surface area contributed by atoms with Gasteiger partial charge in [-0.1, -0.05) is 30.3 Å². The van der Waals surface area contributed by atoms with E-state index in [-0.39, 0.29) is 12.1 Å². The summed E-state index contributed by atoms with van der Waals surface area (Å²) in [6, 6.07) is 7.00. The van der Waals surface area contributed by atoms with Crippen LogP contribution in [0.2, 0.25) is 0 Å². The summed E-state index contributed by atoms with van der Waals surface area (Å²) in [4.78, 5) is 23.3. The third-order valence-electron chi connectivity index (χ3n) is 3.73. The van der Waals surface area contributed by atoms with Gasteiger partial charge in [0.1, 0.15) is 0 Å². The molecule has 1 aliphatic rings. The van der Waals surface area contributed by atoms with E-state index in [2.05, 4.69) is 10.6 Å². The van der Waals surface area contributed by atoms with Crippen molar-refractivity contribution in [1.29, 1.82) is 0 Å². The average Bonchev–Trinajstić information content (AvgIpc) is 2.92. The molecule has 0 radical (unpaired) electrons. The minimum absolute atomic E-state index is 0.00393. The molecule has 3 unspecified atom stereocenters. The van der Waals surface area contributed by atoms with Gasteiger partial charge in [-0.25, -0.2) is 9.59 Å². The number of amides is 2. The first-order chi connectivity index (χ1) is 10.1. The first kappa shape index (κ1) is 15.3. The molecule has 0 saturated heterocycles. The van der Waals surface area contributed by atoms with Crippen LogP contribution in [-0.2, 0) is 9.53 Å². The fourth-order valence-corrected chi connectivity index (χ4v) is 2.65. The highest BCUT2D eigenvalue weighted by Gasteiger charge is 2.30. The van der Waals surface area contributed by atoms with Crippen LogP contribution in [0.25, 0.3) is 0 Å². The van der Waals surface area contributed by atoms with E-state index in [0.29, 0.717) is 5.56 Å². The zero-order chi connectivity index (χ0) is 15.2. The molecular weight excluding hydrogens is 272 g/mol. The normalized spacial score (nSPS) is 22.5. The number of carboxylic acid groups (broad SMARTS) is 1. The van der Waals surface area contributed by atoms with Crippen LogP contribution >= 0.6 is 0 Å². The number of nitrogens with one attached hydrogen (secondary N) is 2. The molecule has 6 nitrogen and oxygen atoms in total. The number of carbonyl (C=O) groups excluding carboxylic acids is 1. The van der Waals surface area contributed by atoms with Crippen molar-refractivity contribution < 1.29 is 19.4 Å². The molecule has 21 heavy (non-hydrogen) atoms. The lowest BCUT2D eigenvalue weighted by atomic mass is 10.1. The highest BCUT2D eigenvalue weighted by atomic mass is 16.5. The maximum absolute atomic E-state index is 12.0. The molecule has 114 valence electrons. The van der Waals surface area contributed by atoms with Crippen molar-refractivity contribution in [2.24, 2.45) is 0 Å². The zero-order valence-electron chi connectivity index (χ0n) is 11.9. The molecule has 1 saturated carbocycles. The van der Waals surface area contributed by atoms with Crippen molar-refractivity contribution in [2.75, 3.05) is 7.11 Å². The molecule has 0 aromatic heterocycles. The average molecular weight is 292 g/mol. The van der Waals surface area contributed by atoms with Gasteiger partial charge < -0.3 is 20.5 Å².